The number of benzene rings is 3. The number of amides is 1. The Labute approximate surface area is 317 Å². The van der Waals surface area contributed by atoms with Gasteiger partial charge in [0.05, 0.1) is 51.0 Å². The van der Waals surface area contributed by atoms with Crippen LogP contribution in [0.15, 0.2) is 66.9 Å². The number of halogens is 1. The molecule has 0 spiro atoms. The summed E-state index contributed by atoms with van der Waals surface area (Å²) in [7, 11) is 3.21. The van der Waals surface area contributed by atoms with Gasteiger partial charge in [-0.3, -0.25) is 4.90 Å². The number of fused-ring (bicyclic) bond motifs is 1. The first kappa shape index (κ1) is 35.8. The SMILES string of the molecule is COc1ccc(CNC(=O)Oc2cc(Nc3nc(N(Cc4ccc(OC)cc4)C4CC4)c4ncc(C#N)n4n3)c(F)c(N3CCN(C4COC4)CC3)c2)cc1. The summed E-state index contributed by atoms with van der Waals surface area (Å²) in [6.45, 7) is 4.72. The number of imidazole rings is 1. The molecule has 2 N–H and O–H groups in total. The van der Waals surface area contributed by atoms with Crippen LogP contribution in [0.3, 0.4) is 0 Å². The fourth-order valence-corrected chi connectivity index (χ4v) is 6.79. The number of hydrogen-bond acceptors (Lipinski definition) is 13. The summed E-state index contributed by atoms with van der Waals surface area (Å²) in [4.78, 5) is 28.9. The molecule has 16 heteroatoms. The van der Waals surface area contributed by atoms with E-state index in [0.717, 1.165) is 42.8 Å². The predicted molar refractivity (Wildman–Crippen MR) is 202 cm³/mol. The number of aromatic nitrogens is 4. The maximum absolute atomic E-state index is 16.7. The van der Waals surface area contributed by atoms with Gasteiger partial charge >= 0.3 is 6.09 Å². The molecule has 3 fully saturated rings. The molecule has 0 radical (unpaired) electrons. The van der Waals surface area contributed by atoms with Gasteiger partial charge in [-0.1, -0.05) is 24.3 Å². The number of rotatable bonds is 13. The molecule has 1 aliphatic carbocycles. The number of anilines is 4. The Kier molecular flexibility index (Phi) is 10.2. The Bertz CT molecular complexity index is 2190. The van der Waals surface area contributed by atoms with Gasteiger partial charge in [-0.2, -0.15) is 14.8 Å². The van der Waals surface area contributed by atoms with Gasteiger partial charge in [-0.15, -0.1) is 5.10 Å². The molecule has 0 bridgehead atoms. The smallest absolute Gasteiger partial charge is 0.412 e. The van der Waals surface area contributed by atoms with Gasteiger partial charge in [0.1, 0.15) is 23.3 Å². The summed E-state index contributed by atoms with van der Waals surface area (Å²) in [5.74, 6) is 1.57. The van der Waals surface area contributed by atoms with Crippen molar-refractivity contribution in [1.29, 1.82) is 5.26 Å². The maximum Gasteiger partial charge on any atom is 0.412 e. The standard InChI is InChI=1S/C39H41FN10O5/c1-52-30-9-3-25(4-10-30)20-43-39(51)55-32-17-33(35(40)34(18-32)48-15-13-47(14-16-48)29-23-54-24-29)44-38-45-37(36-42-21-28(19-41)50(36)46-38)49(27-7-8-27)22-26-5-11-31(53-2)12-6-26/h3-6,9-12,17-18,21,27,29H,7-8,13-16,20,22-24H2,1-2H3,(H,43,51)(H,44,46). The molecule has 8 rings (SSSR count). The lowest BCUT2D eigenvalue weighted by molar-refractivity contribution is -0.0660. The zero-order valence-electron chi connectivity index (χ0n) is 30.6. The van der Waals surface area contributed by atoms with Crippen molar-refractivity contribution in [3.8, 4) is 23.3 Å². The quantitative estimate of drug-likeness (QED) is 0.168. The Hall–Kier alpha value is -6.18. The van der Waals surface area contributed by atoms with Crippen LogP contribution in [0.1, 0.15) is 29.7 Å². The average molecular weight is 749 g/mol. The second-order valence-electron chi connectivity index (χ2n) is 13.7. The average Bonchev–Trinajstić information content (AvgIpc) is 3.95. The van der Waals surface area contributed by atoms with Crippen molar-refractivity contribution in [3.63, 3.8) is 0 Å². The molecule has 1 saturated carbocycles. The fraction of sp³-hybridized carbons (Fsp3) is 0.359. The summed E-state index contributed by atoms with van der Waals surface area (Å²) in [6.07, 6.45) is 2.66. The fourth-order valence-electron chi connectivity index (χ4n) is 6.79. The highest BCUT2D eigenvalue weighted by atomic mass is 19.1. The highest BCUT2D eigenvalue weighted by Crippen LogP contribution is 2.37. The van der Waals surface area contributed by atoms with E-state index < -0.39 is 11.9 Å². The summed E-state index contributed by atoms with van der Waals surface area (Å²) >= 11 is 0. The third kappa shape index (κ3) is 7.89. The highest BCUT2D eigenvalue weighted by molar-refractivity contribution is 5.75. The molecule has 3 aromatic carbocycles. The van der Waals surface area contributed by atoms with Crippen LogP contribution in [-0.2, 0) is 17.8 Å². The predicted octanol–water partition coefficient (Wildman–Crippen LogP) is 4.87. The first-order valence-electron chi connectivity index (χ1n) is 18.2. The molecular formula is C39H41FN10O5. The van der Waals surface area contributed by atoms with Gasteiger partial charge in [0, 0.05) is 57.4 Å². The third-order valence-electron chi connectivity index (χ3n) is 10.1. The second-order valence-corrected chi connectivity index (χ2v) is 13.7. The van der Waals surface area contributed by atoms with E-state index in [9.17, 15) is 10.1 Å². The summed E-state index contributed by atoms with van der Waals surface area (Å²) in [6, 6.07) is 20.8. The number of nitriles is 1. The van der Waals surface area contributed by atoms with E-state index in [0.29, 0.717) is 56.1 Å². The lowest BCUT2D eigenvalue weighted by atomic mass is 10.1. The molecule has 2 aliphatic heterocycles. The monoisotopic (exact) mass is 748 g/mol. The van der Waals surface area contributed by atoms with E-state index >= 15 is 4.39 Å². The molecule has 2 saturated heterocycles. The molecule has 5 aromatic rings. The molecule has 4 heterocycles. The van der Waals surface area contributed by atoms with Crippen molar-refractivity contribution >= 4 is 34.9 Å². The number of ether oxygens (including phenoxy) is 4. The normalized spacial score (nSPS) is 15.9. The largest absolute Gasteiger partial charge is 0.497 e. The molecule has 55 heavy (non-hydrogen) atoms. The van der Waals surface area contributed by atoms with Crippen molar-refractivity contribution in [2.75, 3.05) is 68.7 Å². The van der Waals surface area contributed by atoms with Crippen LogP contribution < -0.4 is 34.6 Å². The number of nitrogens with one attached hydrogen (secondary N) is 2. The van der Waals surface area contributed by atoms with Crippen LogP contribution in [0.2, 0.25) is 0 Å². The van der Waals surface area contributed by atoms with Crippen LogP contribution in [0, 0.1) is 17.1 Å². The van der Waals surface area contributed by atoms with Crippen molar-refractivity contribution in [2.45, 2.75) is 38.0 Å². The Balaban J connectivity index is 1.10. The van der Waals surface area contributed by atoms with Crippen LogP contribution in [0.25, 0.3) is 5.65 Å². The number of nitrogens with zero attached hydrogens (tertiary/aromatic N) is 8. The van der Waals surface area contributed by atoms with Crippen molar-refractivity contribution < 1.29 is 28.1 Å². The lowest BCUT2D eigenvalue weighted by Gasteiger charge is -2.43. The van der Waals surface area contributed by atoms with Crippen molar-refractivity contribution in [3.05, 3.63) is 89.5 Å². The van der Waals surface area contributed by atoms with Gasteiger partial charge in [0.15, 0.2) is 23.0 Å². The number of carbonyl (C=O) groups excluding carboxylic acids is 1. The topological polar surface area (TPSA) is 155 Å². The molecule has 0 unspecified atom stereocenters. The minimum Gasteiger partial charge on any atom is -0.497 e. The van der Waals surface area contributed by atoms with Crippen LogP contribution in [0.4, 0.5) is 32.3 Å². The number of methoxy groups -OCH3 is 2. The molecule has 15 nitrogen and oxygen atoms in total. The van der Waals surface area contributed by atoms with Crippen molar-refractivity contribution in [2.24, 2.45) is 0 Å². The van der Waals surface area contributed by atoms with Gasteiger partial charge in [-0.25, -0.2) is 14.2 Å². The summed E-state index contributed by atoms with van der Waals surface area (Å²) in [5.41, 5.74) is 2.76. The summed E-state index contributed by atoms with van der Waals surface area (Å²) < 4.78 is 39.9. The van der Waals surface area contributed by atoms with E-state index in [4.69, 9.17) is 23.9 Å². The molecule has 2 aromatic heterocycles. The second kappa shape index (κ2) is 15.7. The molecule has 3 aliphatic rings. The van der Waals surface area contributed by atoms with Crippen LogP contribution in [0.5, 0.6) is 17.2 Å². The van der Waals surface area contributed by atoms with Gasteiger partial charge in [0.2, 0.25) is 5.95 Å². The Morgan fingerprint density at radius 3 is 2.29 bits per heavy atom. The van der Waals surface area contributed by atoms with Crippen molar-refractivity contribution in [1.82, 2.24) is 29.8 Å². The highest BCUT2D eigenvalue weighted by Gasteiger charge is 2.34. The van der Waals surface area contributed by atoms with Gasteiger partial charge in [0.25, 0.3) is 0 Å². The minimum atomic E-state index is -0.704. The van der Waals surface area contributed by atoms with Gasteiger partial charge in [-0.05, 0) is 48.2 Å². The van der Waals surface area contributed by atoms with Gasteiger partial charge < -0.3 is 39.4 Å². The zero-order chi connectivity index (χ0) is 37.9. The number of hydrogen-bond donors (Lipinski definition) is 2. The zero-order valence-corrected chi connectivity index (χ0v) is 30.6. The number of carbonyl (C=O) groups is 1. The minimum absolute atomic E-state index is 0.00215. The molecular weight excluding hydrogens is 707 g/mol. The Morgan fingerprint density at radius 2 is 1.67 bits per heavy atom. The maximum atomic E-state index is 16.7. The first-order valence-corrected chi connectivity index (χ1v) is 18.2. The van der Waals surface area contributed by atoms with E-state index in [2.05, 4.69) is 36.6 Å². The summed E-state index contributed by atoms with van der Waals surface area (Å²) in [5, 5.41) is 20.4. The molecule has 284 valence electrons. The van der Waals surface area contributed by atoms with E-state index in [-0.39, 0.29) is 41.4 Å². The number of piperazine rings is 1. The molecule has 0 atom stereocenters. The van der Waals surface area contributed by atoms with E-state index in [1.54, 1.807) is 32.4 Å². The van der Waals surface area contributed by atoms with Crippen LogP contribution >= 0.6 is 0 Å². The molecule has 1 amide bonds. The van der Waals surface area contributed by atoms with E-state index in [1.165, 1.54) is 16.8 Å². The Morgan fingerprint density at radius 1 is 0.982 bits per heavy atom. The first-order chi connectivity index (χ1) is 26.9. The lowest BCUT2D eigenvalue weighted by Crippen LogP contribution is -2.56. The third-order valence-corrected chi connectivity index (χ3v) is 10.1. The van der Waals surface area contributed by atoms with E-state index in [1.807, 2.05) is 41.3 Å². The van der Waals surface area contributed by atoms with Crippen LogP contribution in [-0.4, -0.2) is 96.3 Å².